The lowest BCUT2D eigenvalue weighted by atomic mass is 9.91. The van der Waals surface area contributed by atoms with Crippen LogP contribution in [0.3, 0.4) is 0 Å². The third-order valence-corrected chi connectivity index (χ3v) is 2.72. The maximum atomic E-state index is 9.40. The number of phenolic OH excluding ortho intramolecular Hbond substituents is 1. The van der Waals surface area contributed by atoms with Gasteiger partial charge in [0.2, 0.25) is 0 Å². The van der Waals surface area contributed by atoms with E-state index >= 15 is 0 Å². The second kappa shape index (κ2) is 5.94. The Balaban J connectivity index is 3.09. The Morgan fingerprint density at radius 3 is 2.71 bits per heavy atom. The molecule has 1 atom stereocenters. The lowest BCUT2D eigenvalue weighted by molar-refractivity contribution is 0.477. The van der Waals surface area contributed by atoms with Gasteiger partial charge in [-0.15, -0.1) is 0 Å². The Hall–Kier alpha value is -1.96. The normalized spacial score (nSPS) is 13.9. The Morgan fingerprint density at radius 1 is 1.47 bits per heavy atom. The van der Waals surface area contributed by atoms with Gasteiger partial charge in [-0.3, -0.25) is 0 Å². The highest BCUT2D eigenvalue weighted by Crippen LogP contribution is 2.29. The maximum Gasteiger partial charge on any atom is 0.138 e. The molecule has 0 saturated heterocycles. The highest BCUT2D eigenvalue weighted by Gasteiger charge is 2.10. The van der Waals surface area contributed by atoms with Gasteiger partial charge in [0.25, 0.3) is 0 Å². The molecule has 3 N–H and O–H groups in total. The molecular formula is C15H19NO. The van der Waals surface area contributed by atoms with E-state index in [0.29, 0.717) is 5.69 Å². The average molecular weight is 229 g/mol. The molecule has 0 spiro atoms. The summed E-state index contributed by atoms with van der Waals surface area (Å²) in [6.07, 6.45) is 7.80. The van der Waals surface area contributed by atoms with Crippen molar-refractivity contribution >= 4 is 5.69 Å². The van der Waals surface area contributed by atoms with Crippen LogP contribution in [0, 0.1) is 0 Å². The molecule has 2 nitrogen and oxygen atoms in total. The molecule has 1 aromatic rings. The SMILES string of the molecule is C=C/C=C(\C=C/C)[C@H](C)c1ccc(O)c(N)c1. The van der Waals surface area contributed by atoms with E-state index in [9.17, 15) is 5.11 Å². The predicted molar refractivity (Wildman–Crippen MR) is 74.0 cm³/mol. The van der Waals surface area contributed by atoms with E-state index in [2.05, 4.69) is 19.6 Å². The van der Waals surface area contributed by atoms with E-state index < -0.39 is 0 Å². The number of nitrogen functional groups attached to an aromatic ring is 1. The summed E-state index contributed by atoms with van der Waals surface area (Å²) < 4.78 is 0. The number of nitrogens with two attached hydrogens (primary N) is 1. The van der Waals surface area contributed by atoms with Crippen LogP contribution in [-0.2, 0) is 0 Å². The van der Waals surface area contributed by atoms with Gasteiger partial charge >= 0.3 is 0 Å². The third-order valence-electron chi connectivity index (χ3n) is 2.72. The first-order valence-corrected chi connectivity index (χ1v) is 5.63. The summed E-state index contributed by atoms with van der Waals surface area (Å²) in [5.74, 6) is 0.341. The number of benzene rings is 1. The summed E-state index contributed by atoms with van der Waals surface area (Å²) in [7, 11) is 0. The zero-order valence-corrected chi connectivity index (χ0v) is 10.4. The van der Waals surface area contributed by atoms with Crippen LogP contribution in [0.1, 0.15) is 25.3 Å². The smallest absolute Gasteiger partial charge is 0.138 e. The van der Waals surface area contributed by atoms with Gasteiger partial charge in [-0.1, -0.05) is 43.9 Å². The van der Waals surface area contributed by atoms with Gasteiger partial charge in [-0.25, -0.2) is 0 Å². The van der Waals surface area contributed by atoms with E-state index in [1.807, 2.05) is 25.1 Å². The molecule has 1 aromatic carbocycles. The van der Waals surface area contributed by atoms with Crippen molar-refractivity contribution < 1.29 is 5.11 Å². The number of hydrogen-bond acceptors (Lipinski definition) is 2. The fraction of sp³-hybridized carbons (Fsp3) is 0.200. The third kappa shape index (κ3) is 3.25. The second-order valence-electron chi connectivity index (χ2n) is 3.94. The number of aromatic hydroxyl groups is 1. The van der Waals surface area contributed by atoms with Crippen LogP contribution in [0.2, 0.25) is 0 Å². The van der Waals surface area contributed by atoms with Crippen LogP contribution in [0.15, 0.2) is 54.7 Å². The van der Waals surface area contributed by atoms with Crippen LogP contribution in [0.5, 0.6) is 5.75 Å². The molecule has 2 heteroatoms. The monoisotopic (exact) mass is 229 g/mol. The summed E-state index contributed by atoms with van der Waals surface area (Å²) in [5, 5.41) is 9.40. The van der Waals surface area contributed by atoms with Gasteiger partial charge in [-0.05, 0) is 30.2 Å². The topological polar surface area (TPSA) is 46.2 Å². The van der Waals surface area contributed by atoms with Crippen molar-refractivity contribution in [1.82, 2.24) is 0 Å². The number of hydrogen-bond donors (Lipinski definition) is 2. The lowest BCUT2D eigenvalue weighted by Gasteiger charge is -2.14. The van der Waals surface area contributed by atoms with Crippen LogP contribution < -0.4 is 5.73 Å². The Morgan fingerprint density at radius 2 is 2.18 bits per heavy atom. The molecule has 90 valence electrons. The van der Waals surface area contributed by atoms with Crippen LogP contribution >= 0.6 is 0 Å². The highest BCUT2D eigenvalue weighted by atomic mass is 16.3. The molecule has 0 aliphatic carbocycles. The molecule has 17 heavy (non-hydrogen) atoms. The van der Waals surface area contributed by atoms with Gasteiger partial charge in [0.05, 0.1) is 5.69 Å². The minimum atomic E-state index is 0.126. The molecule has 0 saturated carbocycles. The summed E-state index contributed by atoms with van der Waals surface area (Å²) >= 11 is 0. The number of allylic oxidation sites excluding steroid dienone is 5. The number of phenols is 1. The van der Waals surface area contributed by atoms with Crippen LogP contribution in [0.4, 0.5) is 5.69 Å². The Kier molecular flexibility index (Phi) is 4.58. The molecular weight excluding hydrogens is 210 g/mol. The van der Waals surface area contributed by atoms with Gasteiger partial charge < -0.3 is 10.8 Å². The molecule has 0 aliphatic rings. The Labute approximate surface area is 103 Å². The molecule has 0 amide bonds. The van der Waals surface area contributed by atoms with E-state index in [1.165, 1.54) is 0 Å². The van der Waals surface area contributed by atoms with Crippen molar-refractivity contribution in [3.8, 4) is 5.75 Å². The van der Waals surface area contributed by atoms with Crippen molar-refractivity contribution in [1.29, 1.82) is 0 Å². The Bertz CT molecular complexity index is 458. The van der Waals surface area contributed by atoms with Crippen molar-refractivity contribution in [3.63, 3.8) is 0 Å². The fourth-order valence-electron chi connectivity index (χ4n) is 1.71. The van der Waals surface area contributed by atoms with Gasteiger partial charge in [0.1, 0.15) is 5.75 Å². The second-order valence-corrected chi connectivity index (χ2v) is 3.94. The molecule has 0 fully saturated rings. The molecule has 0 aliphatic heterocycles. The summed E-state index contributed by atoms with van der Waals surface area (Å²) in [6, 6.07) is 5.32. The zero-order valence-electron chi connectivity index (χ0n) is 10.4. The predicted octanol–water partition coefficient (Wildman–Crippen LogP) is 3.77. The van der Waals surface area contributed by atoms with E-state index in [-0.39, 0.29) is 11.7 Å². The zero-order chi connectivity index (χ0) is 12.8. The minimum absolute atomic E-state index is 0.126. The van der Waals surface area contributed by atoms with Crippen molar-refractivity contribution in [2.45, 2.75) is 19.8 Å². The van der Waals surface area contributed by atoms with Crippen LogP contribution in [-0.4, -0.2) is 5.11 Å². The van der Waals surface area contributed by atoms with E-state index in [4.69, 9.17) is 5.73 Å². The van der Waals surface area contributed by atoms with Gasteiger partial charge in [0.15, 0.2) is 0 Å². The first-order chi connectivity index (χ1) is 8.10. The van der Waals surface area contributed by atoms with Crippen molar-refractivity contribution in [2.24, 2.45) is 0 Å². The summed E-state index contributed by atoms with van der Waals surface area (Å²) in [4.78, 5) is 0. The van der Waals surface area contributed by atoms with Gasteiger partial charge in [-0.2, -0.15) is 0 Å². The molecule has 0 heterocycles. The lowest BCUT2D eigenvalue weighted by Crippen LogP contribution is -1.98. The fourth-order valence-corrected chi connectivity index (χ4v) is 1.71. The van der Waals surface area contributed by atoms with E-state index in [1.54, 1.807) is 18.2 Å². The quantitative estimate of drug-likeness (QED) is 0.469. The molecule has 1 rings (SSSR count). The van der Waals surface area contributed by atoms with Crippen molar-refractivity contribution in [2.75, 3.05) is 5.73 Å². The standard InChI is InChI=1S/C15H19NO/c1-4-6-12(7-5-2)11(3)13-8-9-15(17)14(16)10-13/h4-11,17H,1,16H2,2-3H3/b7-5-,12-6+/t11-/m0/s1. The molecule has 0 bridgehead atoms. The molecule has 0 aromatic heterocycles. The average Bonchev–Trinajstić information content (AvgIpc) is 2.31. The number of anilines is 1. The first-order valence-electron chi connectivity index (χ1n) is 5.63. The summed E-state index contributed by atoms with van der Waals surface area (Å²) in [6.45, 7) is 7.79. The first kappa shape index (κ1) is 13.1. The summed E-state index contributed by atoms with van der Waals surface area (Å²) in [5.41, 5.74) is 8.34. The molecule has 0 unspecified atom stereocenters. The van der Waals surface area contributed by atoms with Crippen LogP contribution in [0.25, 0.3) is 0 Å². The maximum absolute atomic E-state index is 9.40. The minimum Gasteiger partial charge on any atom is -0.506 e. The largest absolute Gasteiger partial charge is 0.506 e. The van der Waals surface area contributed by atoms with E-state index in [0.717, 1.165) is 11.1 Å². The van der Waals surface area contributed by atoms with Crippen molar-refractivity contribution in [3.05, 3.63) is 60.2 Å². The van der Waals surface area contributed by atoms with Gasteiger partial charge in [0, 0.05) is 5.92 Å². The number of rotatable bonds is 4. The molecule has 0 radical (unpaired) electrons. The highest BCUT2D eigenvalue weighted by molar-refractivity contribution is 5.55.